The zero-order valence-corrected chi connectivity index (χ0v) is 17.2. The lowest BCUT2D eigenvalue weighted by Gasteiger charge is -2.10. The van der Waals surface area contributed by atoms with E-state index < -0.39 is 40.1 Å². The molecule has 0 saturated carbocycles. The Bertz CT molecular complexity index is 1200. The maximum absolute atomic E-state index is 12.3. The third-order valence-electron chi connectivity index (χ3n) is 4.56. The monoisotopic (exact) mass is 430 g/mol. The van der Waals surface area contributed by atoms with Crippen LogP contribution < -0.4 is 5.32 Å². The molecular weight excluding hydrogens is 412 g/mol. The van der Waals surface area contributed by atoms with E-state index >= 15 is 0 Å². The lowest BCUT2D eigenvalue weighted by molar-refractivity contribution is -0.119. The van der Waals surface area contributed by atoms with Crippen LogP contribution in [0.2, 0.25) is 0 Å². The van der Waals surface area contributed by atoms with Gasteiger partial charge in [-0.15, -0.1) is 0 Å². The molecule has 156 valence electrons. The first kappa shape index (κ1) is 21.2. The molecule has 0 unspecified atom stereocenters. The summed E-state index contributed by atoms with van der Waals surface area (Å²) < 4.78 is 28.3. The average molecular weight is 430 g/mol. The van der Waals surface area contributed by atoms with Crippen molar-refractivity contribution in [2.45, 2.75) is 11.8 Å². The lowest BCUT2D eigenvalue weighted by atomic mass is 10.1. The van der Waals surface area contributed by atoms with Gasteiger partial charge >= 0.3 is 5.97 Å². The molecule has 1 aliphatic heterocycles. The molecule has 0 fully saturated rings. The van der Waals surface area contributed by atoms with Gasteiger partial charge < -0.3 is 10.1 Å². The normalized spacial score (nSPS) is 13.2. The van der Waals surface area contributed by atoms with Crippen LogP contribution in [0.4, 0.5) is 5.69 Å². The molecule has 0 saturated heterocycles. The number of benzene rings is 2. The highest BCUT2D eigenvalue weighted by Gasteiger charge is 2.32. The fraction of sp³-hybridized carbons (Fsp3) is 0.200. The number of ether oxygens (including phenoxy) is 1. The van der Waals surface area contributed by atoms with Gasteiger partial charge in [0.2, 0.25) is 0 Å². The molecule has 1 heterocycles. The summed E-state index contributed by atoms with van der Waals surface area (Å²) in [6, 6.07) is 8.32. The van der Waals surface area contributed by atoms with Crippen LogP contribution in [0, 0.1) is 6.92 Å². The van der Waals surface area contributed by atoms with Crippen molar-refractivity contribution >= 4 is 39.2 Å². The number of hydrogen-bond acceptors (Lipinski definition) is 7. The number of esters is 1. The van der Waals surface area contributed by atoms with Crippen molar-refractivity contribution in [3.05, 3.63) is 58.7 Å². The van der Waals surface area contributed by atoms with Crippen LogP contribution in [0.5, 0.6) is 0 Å². The Balaban J connectivity index is 1.67. The van der Waals surface area contributed by atoms with Gasteiger partial charge in [-0.3, -0.25) is 19.3 Å². The van der Waals surface area contributed by atoms with E-state index in [4.69, 9.17) is 4.74 Å². The number of carbonyl (C=O) groups excluding carboxylic acids is 4. The van der Waals surface area contributed by atoms with Gasteiger partial charge in [0.1, 0.15) is 0 Å². The number of nitrogens with zero attached hydrogens (tertiary/aromatic N) is 1. The molecule has 10 heteroatoms. The Hall–Kier alpha value is -3.53. The Morgan fingerprint density at radius 2 is 1.70 bits per heavy atom. The minimum atomic E-state index is -3.51. The highest BCUT2D eigenvalue weighted by atomic mass is 32.2. The summed E-state index contributed by atoms with van der Waals surface area (Å²) in [5.74, 6) is -2.40. The first-order valence-corrected chi connectivity index (χ1v) is 10.6. The zero-order valence-electron chi connectivity index (χ0n) is 16.4. The summed E-state index contributed by atoms with van der Waals surface area (Å²) in [7, 11) is -2.14. The van der Waals surface area contributed by atoms with E-state index in [1.807, 2.05) is 0 Å². The number of carbonyl (C=O) groups is 4. The Labute approximate surface area is 172 Å². The second-order valence-electron chi connectivity index (χ2n) is 6.80. The van der Waals surface area contributed by atoms with Crippen LogP contribution in [-0.4, -0.2) is 56.9 Å². The van der Waals surface area contributed by atoms with Crippen molar-refractivity contribution < 1.29 is 32.3 Å². The predicted octanol–water partition coefficient (Wildman–Crippen LogP) is 1.42. The maximum Gasteiger partial charge on any atom is 0.338 e. The van der Waals surface area contributed by atoms with E-state index in [2.05, 4.69) is 5.32 Å². The van der Waals surface area contributed by atoms with Crippen molar-refractivity contribution in [2.24, 2.45) is 0 Å². The van der Waals surface area contributed by atoms with E-state index in [1.165, 1.54) is 43.4 Å². The molecule has 3 rings (SSSR count). The van der Waals surface area contributed by atoms with Crippen LogP contribution in [0.25, 0.3) is 0 Å². The Kier molecular flexibility index (Phi) is 5.45. The predicted molar refractivity (Wildman–Crippen MR) is 106 cm³/mol. The molecule has 30 heavy (non-hydrogen) atoms. The maximum atomic E-state index is 12.3. The summed E-state index contributed by atoms with van der Waals surface area (Å²) in [4.78, 5) is 49.3. The number of anilines is 1. The van der Waals surface area contributed by atoms with Crippen molar-refractivity contribution in [1.82, 2.24) is 4.90 Å². The second kappa shape index (κ2) is 7.71. The highest BCUT2D eigenvalue weighted by molar-refractivity contribution is 7.90. The first-order chi connectivity index (χ1) is 14.0. The van der Waals surface area contributed by atoms with Gasteiger partial charge in [0.15, 0.2) is 16.4 Å². The summed E-state index contributed by atoms with van der Waals surface area (Å²) in [6.45, 7) is 0.994. The number of hydrogen-bond donors (Lipinski definition) is 1. The van der Waals surface area contributed by atoms with E-state index in [-0.39, 0.29) is 27.3 Å². The minimum Gasteiger partial charge on any atom is -0.452 e. The second-order valence-corrected chi connectivity index (χ2v) is 8.82. The quantitative estimate of drug-likeness (QED) is 0.561. The number of fused-ring (bicyclic) bond motifs is 1. The molecule has 2 aromatic rings. The van der Waals surface area contributed by atoms with Gasteiger partial charge in [-0.05, 0) is 42.8 Å². The van der Waals surface area contributed by atoms with Crippen LogP contribution in [0.1, 0.15) is 36.6 Å². The summed E-state index contributed by atoms with van der Waals surface area (Å²) >= 11 is 0. The standard InChI is InChI=1S/C20H18N2O7S/c1-11-4-6-13(30(3,27)28)9-15(11)20(26)29-10-17(23)21-12-5-7-14-16(8-12)19(25)22(2)18(14)24/h4-9H,10H2,1-3H3,(H,21,23). The van der Waals surface area contributed by atoms with E-state index in [0.29, 0.717) is 5.56 Å². The van der Waals surface area contributed by atoms with Gasteiger partial charge in [-0.25, -0.2) is 13.2 Å². The van der Waals surface area contributed by atoms with Crippen LogP contribution in [0.3, 0.4) is 0 Å². The fourth-order valence-electron chi connectivity index (χ4n) is 2.90. The molecule has 2 aromatic carbocycles. The fourth-order valence-corrected chi connectivity index (χ4v) is 3.54. The molecule has 1 N–H and O–H groups in total. The first-order valence-electron chi connectivity index (χ1n) is 8.73. The van der Waals surface area contributed by atoms with E-state index in [9.17, 15) is 27.6 Å². The molecule has 0 bridgehead atoms. The number of aryl methyl sites for hydroxylation is 1. The Morgan fingerprint density at radius 3 is 2.37 bits per heavy atom. The molecule has 0 radical (unpaired) electrons. The van der Waals surface area contributed by atoms with Crippen molar-refractivity contribution in [1.29, 1.82) is 0 Å². The van der Waals surface area contributed by atoms with Gasteiger partial charge in [0.05, 0.1) is 21.6 Å². The summed E-state index contributed by atoms with van der Waals surface area (Å²) in [5, 5.41) is 2.48. The third-order valence-corrected chi connectivity index (χ3v) is 5.68. The van der Waals surface area contributed by atoms with E-state index in [0.717, 1.165) is 11.2 Å². The summed E-state index contributed by atoms with van der Waals surface area (Å²) in [5.41, 5.74) is 1.22. The highest BCUT2D eigenvalue weighted by Crippen LogP contribution is 2.24. The number of amides is 3. The number of sulfone groups is 1. The largest absolute Gasteiger partial charge is 0.452 e. The van der Waals surface area contributed by atoms with Gasteiger partial charge in [-0.2, -0.15) is 0 Å². The van der Waals surface area contributed by atoms with Crippen molar-refractivity contribution in [3.63, 3.8) is 0 Å². The molecule has 0 aromatic heterocycles. The van der Waals surface area contributed by atoms with Crippen molar-refractivity contribution in [2.75, 3.05) is 25.2 Å². The Morgan fingerprint density at radius 1 is 1.03 bits per heavy atom. The minimum absolute atomic E-state index is 0.0353. The molecule has 1 aliphatic rings. The lowest BCUT2D eigenvalue weighted by Crippen LogP contribution is -2.24. The van der Waals surface area contributed by atoms with Gasteiger partial charge in [0, 0.05) is 19.0 Å². The molecule has 0 atom stereocenters. The number of nitrogens with one attached hydrogen (secondary N) is 1. The van der Waals surface area contributed by atoms with Crippen LogP contribution >= 0.6 is 0 Å². The van der Waals surface area contributed by atoms with Crippen molar-refractivity contribution in [3.8, 4) is 0 Å². The molecule has 0 aliphatic carbocycles. The van der Waals surface area contributed by atoms with Gasteiger partial charge in [-0.1, -0.05) is 6.07 Å². The van der Waals surface area contributed by atoms with Crippen LogP contribution in [-0.2, 0) is 19.4 Å². The molecule has 9 nitrogen and oxygen atoms in total. The van der Waals surface area contributed by atoms with Crippen LogP contribution in [0.15, 0.2) is 41.3 Å². The number of imide groups is 1. The molecule has 3 amide bonds. The topological polar surface area (TPSA) is 127 Å². The third kappa shape index (κ3) is 4.08. The summed E-state index contributed by atoms with van der Waals surface area (Å²) in [6.07, 6.45) is 1.02. The van der Waals surface area contributed by atoms with Gasteiger partial charge in [0.25, 0.3) is 17.7 Å². The zero-order chi connectivity index (χ0) is 22.2. The average Bonchev–Trinajstić information content (AvgIpc) is 2.89. The molecule has 0 spiro atoms. The SMILES string of the molecule is Cc1ccc(S(C)(=O)=O)cc1C(=O)OCC(=O)Nc1ccc2c(c1)C(=O)N(C)C2=O. The molecular formula is C20H18N2O7S. The van der Waals surface area contributed by atoms with E-state index in [1.54, 1.807) is 6.92 Å². The number of rotatable bonds is 5. The smallest absolute Gasteiger partial charge is 0.338 e.